The predicted molar refractivity (Wildman–Crippen MR) is 71.5 cm³/mol. The molecule has 0 spiro atoms. The van der Waals surface area contributed by atoms with Crippen molar-refractivity contribution in [1.82, 2.24) is 5.32 Å². The number of nitro groups is 1. The van der Waals surface area contributed by atoms with Gasteiger partial charge in [-0.3, -0.25) is 10.1 Å². The van der Waals surface area contributed by atoms with Gasteiger partial charge in [-0.25, -0.2) is 0 Å². The molecule has 0 amide bonds. The molecule has 0 radical (unpaired) electrons. The largest absolute Gasteiger partial charge is 0.381 e. The van der Waals surface area contributed by atoms with Gasteiger partial charge in [-0.15, -0.1) is 0 Å². The molecule has 18 heavy (non-hydrogen) atoms. The topological polar surface area (TPSA) is 64.4 Å². The van der Waals surface area contributed by atoms with Crippen molar-refractivity contribution in [2.24, 2.45) is 0 Å². The summed E-state index contributed by atoms with van der Waals surface area (Å²) < 4.78 is 6.14. The highest BCUT2D eigenvalue weighted by Gasteiger charge is 2.17. The third-order valence-corrected chi connectivity index (χ3v) is 3.53. The molecule has 1 aliphatic rings. The number of nitro benzene ring substituents is 1. The first kappa shape index (κ1) is 13.5. The van der Waals surface area contributed by atoms with Gasteiger partial charge in [0.1, 0.15) is 0 Å². The summed E-state index contributed by atoms with van der Waals surface area (Å²) >= 11 is 3.34. The van der Waals surface area contributed by atoms with Crippen LogP contribution in [0, 0.1) is 10.1 Å². The van der Waals surface area contributed by atoms with Crippen LogP contribution in [0.5, 0.6) is 0 Å². The van der Waals surface area contributed by atoms with Crippen molar-refractivity contribution in [3.05, 3.63) is 38.3 Å². The average molecular weight is 315 g/mol. The van der Waals surface area contributed by atoms with Gasteiger partial charge in [0.15, 0.2) is 0 Å². The summed E-state index contributed by atoms with van der Waals surface area (Å²) in [6.45, 7) is 2.04. The van der Waals surface area contributed by atoms with Crippen molar-refractivity contribution in [3.8, 4) is 0 Å². The Balaban J connectivity index is 2.03. The third-order valence-electron chi connectivity index (χ3n) is 3.04. The number of benzene rings is 1. The Bertz CT molecular complexity index is 433. The van der Waals surface area contributed by atoms with E-state index in [-0.39, 0.29) is 10.6 Å². The lowest BCUT2D eigenvalue weighted by Crippen LogP contribution is -2.34. The van der Waals surface area contributed by atoms with Gasteiger partial charge < -0.3 is 10.1 Å². The maximum atomic E-state index is 10.9. The molecule has 2 rings (SSSR count). The molecule has 0 atom stereocenters. The number of halogens is 1. The highest BCUT2D eigenvalue weighted by atomic mass is 79.9. The van der Waals surface area contributed by atoms with Crippen molar-refractivity contribution >= 4 is 21.6 Å². The molecule has 0 aromatic heterocycles. The molecule has 1 saturated heterocycles. The maximum Gasteiger partial charge on any atom is 0.273 e. The molecule has 1 fully saturated rings. The number of rotatable bonds is 4. The molecular weight excluding hydrogens is 300 g/mol. The normalized spacial score (nSPS) is 16.7. The van der Waals surface area contributed by atoms with E-state index in [9.17, 15) is 10.1 Å². The summed E-state index contributed by atoms with van der Waals surface area (Å²) in [5.74, 6) is 0. The molecule has 1 N–H and O–H groups in total. The second kappa shape index (κ2) is 6.26. The van der Waals surface area contributed by atoms with E-state index in [0.717, 1.165) is 30.5 Å². The fourth-order valence-electron chi connectivity index (χ4n) is 2.03. The van der Waals surface area contributed by atoms with Crippen LogP contribution in [0.25, 0.3) is 0 Å². The van der Waals surface area contributed by atoms with E-state index in [2.05, 4.69) is 21.2 Å². The van der Waals surface area contributed by atoms with E-state index < -0.39 is 0 Å². The average Bonchev–Trinajstić information content (AvgIpc) is 2.37. The fourth-order valence-corrected chi connectivity index (χ4v) is 2.44. The minimum atomic E-state index is -0.340. The van der Waals surface area contributed by atoms with Gasteiger partial charge >= 0.3 is 0 Å². The Morgan fingerprint density at radius 3 is 2.83 bits per heavy atom. The van der Waals surface area contributed by atoms with E-state index in [0.29, 0.717) is 18.2 Å². The summed E-state index contributed by atoms with van der Waals surface area (Å²) in [4.78, 5) is 10.6. The van der Waals surface area contributed by atoms with E-state index in [1.165, 1.54) is 6.07 Å². The maximum absolute atomic E-state index is 10.9. The quantitative estimate of drug-likeness (QED) is 0.685. The highest BCUT2D eigenvalue weighted by Crippen LogP contribution is 2.23. The Labute approximate surface area is 114 Å². The first-order valence-electron chi connectivity index (χ1n) is 5.91. The molecule has 1 aliphatic heterocycles. The van der Waals surface area contributed by atoms with Crippen LogP contribution < -0.4 is 5.32 Å². The lowest BCUT2D eigenvalue weighted by molar-refractivity contribution is -0.385. The SMILES string of the molecule is O=[N+]([O-])c1ccc(Br)cc1CNC1CCOCC1. The Hall–Kier alpha value is -0.980. The number of ether oxygens (including phenoxy) is 1. The standard InChI is InChI=1S/C12H15BrN2O3/c13-10-1-2-12(15(16)17)9(7-10)8-14-11-3-5-18-6-4-11/h1-2,7,11,14H,3-6,8H2. The van der Waals surface area contributed by atoms with Gasteiger partial charge in [-0.1, -0.05) is 15.9 Å². The van der Waals surface area contributed by atoms with Crippen LogP contribution in [0.3, 0.4) is 0 Å². The number of nitrogens with zero attached hydrogens (tertiary/aromatic N) is 1. The van der Waals surface area contributed by atoms with Crippen LogP contribution in [0.4, 0.5) is 5.69 Å². The number of nitrogens with one attached hydrogen (secondary N) is 1. The highest BCUT2D eigenvalue weighted by molar-refractivity contribution is 9.10. The van der Waals surface area contributed by atoms with Crippen LogP contribution in [0.2, 0.25) is 0 Å². The second-order valence-corrected chi connectivity index (χ2v) is 5.21. The number of hydrogen-bond acceptors (Lipinski definition) is 4. The van der Waals surface area contributed by atoms with E-state index in [1.807, 2.05) is 0 Å². The van der Waals surface area contributed by atoms with Gasteiger partial charge in [-0.05, 0) is 25.0 Å². The van der Waals surface area contributed by atoms with Crippen LogP contribution in [-0.2, 0) is 11.3 Å². The van der Waals surface area contributed by atoms with E-state index in [4.69, 9.17) is 4.74 Å². The fraction of sp³-hybridized carbons (Fsp3) is 0.500. The molecule has 0 bridgehead atoms. The summed E-state index contributed by atoms with van der Waals surface area (Å²) in [6, 6.07) is 5.41. The summed E-state index contributed by atoms with van der Waals surface area (Å²) in [6.07, 6.45) is 1.92. The van der Waals surface area contributed by atoms with E-state index >= 15 is 0 Å². The molecular formula is C12H15BrN2O3. The van der Waals surface area contributed by atoms with E-state index in [1.54, 1.807) is 12.1 Å². The van der Waals surface area contributed by atoms with Crippen LogP contribution in [0.1, 0.15) is 18.4 Å². The second-order valence-electron chi connectivity index (χ2n) is 4.30. The zero-order valence-electron chi connectivity index (χ0n) is 9.89. The molecule has 1 heterocycles. The van der Waals surface area contributed by atoms with Crippen molar-refractivity contribution in [2.75, 3.05) is 13.2 Å². The van der Waals surface area contributed by atoms with Crippen LogP contribution >= 0.6 is 15.9 Å². The zero-order valence-corrected chi connectivity index (χ0v) is 11.5. The molecule has 98 valence electrons. The summed E-state index contributed by atoms with van der Waals surface area (Å²) in [5, 5.41) is 14.3. The molecule has 6 heteroatoms. The first-order chi connectivity index (χ1) is 8.66. The summed E-state index contributed by atoms with van der Waals surface area (Å²) in [5.41, 5.74) is 0.874. The van der Waals surface area contributed by atoms with Gasteiger partial charge in [0.05, 0.1) is 4.92 Å². The van der Waals surface area contributed by atoms with Gasteiger partial charge in [0.25, 0.3) is 5.69 Å². The van der Waals surface area contributed by atoms with Gasteiger partial charge in [0, 0.05) is 41.9 Å². The minimum Gasteiger partial charge on any atom is -0.381 e. The minimum absolute atomic E-state index is 0.165. The van der Waals surface area contributed by atoms with Crippen molar-refractivity contribution in [3.63, 3.8) is 0 Å². The lowest BCUT2D eigenvalue weighted by Gasteiger charge is -2.23. The molecule has 1 aromatic carbocycles. The van der Waals surface area contributed by atoms with Crippen LogP contribution in [-0.4, -0.2) is 24.2 Å². The Kier molecular flexibility index (Phi) is 4.68. The molecule has 1 aromatic rings. The predicted octanol–water partition coefficient (Wildman–Crippen LogP) is 2.63. The Morgan fingerprint density at radius 2 is 2.17 bits per heavy atom. The Morgan fingerprint density at radius 1 is 1.44 bits per heavy atom. The van der Waals surface area contributed by atoms with Crippen LogP contribution in [0.15, 0.2) is 22.7 Å². The lowest BCUT2D eigenvalue weighted by atomic mass is 10.1. The third kappa shape index (κ3) is 3.51. The zero-order chi connectivity index (χ0) is 13.0. The first-order valence-corrected chi connectivity index (χ1v) is 6.70. The number of hydrogen-bond donors (Lipinski definition) is 1. The molecule has 0 unspecified atom stereocenters. The smallest absolute Gasteiger partial charge is 0.273 e. The van der Waals surface area contributed by atoms with Crippen molar-refractivity contribution in [1.29, 1.82) is 0 Å². The molecule has 0 saturated carbocycles. The summed E-state index contributed by atoms with van der Waals surface area (Å²) in [7, 11) is 0. The van der Waals surface area contributed by atoms with Gasteiger partial charge in [0.2, 0.25) is 0 Å². The molecule has 0 aliphatic carbocycles. The van der Waals surface area contributed by atoms with Crippen molar-refractivity contribution in [2.45, 2.75) is 25.4 Å². The van der Waals surface area contributed by atoms with Crippen molar-refractivity contribution < 1.29 is 9.66 Å². The monoisotopic (exact) mass is 314 g/mol. The van der Waals surface area contributed by atoms with Gasteiger partial charge in [-0.2, -0.15) is 0 Å². The molecule has 5 nitrogen and oxygen atoms in total.